The second-order valence-corrected chi connectivity index (χ2v) is 8.74. The first-order valence-corrected chi connectivity index (χ1v) is 11.4. The largest absolute Gasteiger partial charge is 0.351 e. The molecule has 2 aromatic rings. The molecule has 0 fully saturated rings. The van der Waals surface area contributed by atoms with E-state index >= 15 is 0 Å². The van der Waals surface area contributed by atoms with Crippen LogP contribution in [0.25, 0.3) is 0 Å². The zero-order valence-corrected chi connectivity index (χ0v) is 19.3. The van der Waals surface area contributed by atoms with E-state index in [1.807, 2.05) is 0 Å². The number of carbonyl (C=O) groups excluding carboxylic acids is 2. The summed E-state index contributed by atoms with van der Waals surface area (Å²) >= 11 is 0. The fourth-order valence-electron chi connectivity index (χ4n) is 4.46. The van der Waals surface area contributed by atoms with E-state index < -0.39 is 0 Å². The van der Waals surface area contributed by atoms with Crippen LogP contribution in [0.4, 0.5) is 5.95 Å². The number of hydrazone groups is 1. The Morgan fingerprint density at radius 1 is 1.29 bits per heavy atom. The van der Waals surface area contributed by atoms with Gasteiger partial charge in [-0.05, 0) is 24.0 Å². The van der Waals surface area contributed by atoms with Crippen LogP contribution in [-0.2, 0) is 35.4 Å². The van der Waals surface area contributed by atoms with Gasteiger partial charge in [0, 0.05) is 57.2 Å². The summed E-state index contributed by atoms with van der Waals surface area (Å²) in [6.07, 6.45) is 5.87. The van der Waals surface area contributed by atoms with Crippen LogP contribution in [0.3, 0.4) is 0 Å². The summed E-state index contributed by atoms with van der Waals surface area (Å²) in [4.78, 5) is 37.2. The second-order valence-electron chi connectivity index (χ2n) is 8.74. The number of rotatable bonds is 8. The van der Waals surface area contributed by atoms with Crippen molar-refractivity contribution in [3.8, 4) is 0 Å². The molecule has 0 saturated heterocycles. The highest BCUT2D eigenvalue weighted by atomic mass is 16.2. The van der Waals surface area contributed by atoms with Gasteiger partial charge in [0.15, 0.2) is 0 Å². The van der Waals surface area contributed by atoms with Crippen molar-refractivity contribution in [2.24, 2.45) is 10.9 Å². The number of hydrogen-bond donors (Lipinski definition) is 3. The lowest BCUT2D eigenvalue weighted by Gasteiger charge is -2.30. The fraction of sp³-hybridized carbons (Fsp3) is 0.417. The van der Waals surface area contributed by atoms with Crippen LogP contribution >= 0.6 is 0 Å². The topological polar surface area (TPSA) is 141 Å². The highest BCUT2D eigenvalue weighted by Gasteiger charge is 2.26. The van der Waals surface area contributed by atoms with Gasteiger partial charge >= 0.3 is 0 Å². The Kier molecular flexibility index (Phi) is 7.15. The Morgan fingerprint density at radius 2 is 2.03 bits per heavy atom. The minimum atomic E-state index is -0.212. The SMILES string of the molecule is CC(=O)N(CCC(=N)/C=N\N)CC(=O)N1CCc2nc(NC3Cc4ccccc4C3)ncc2C1. The normalized spacial score (nSPS) is 15.1. The molecule has 34 heavy (non-hydrogen) atoms. The maximum absolute atomic E-state index is 12.9. The number of nitrogens with two attached hydrogens (primary N) is 1. The summed E-state index contributed by atoms with van der Waals surface area (Å²) in [6, 6.07) is 8.76. The van der Waals surface area contributed by atoms with Gasteiger partial charge in [0.05, 0.1) is 24.2 Å². The number of aromatic nitrogens is 2. The summed E-state index contributed by atoms with van der Waals surface area (Å²) in [5, 5.41) is 14.5. The third kappa shape index (κ3) is 5.56. The molecular weight excluding hydrogens is 432 g/mol. The molecule has 1 aliphatic carbocycles. The predicted molar refractivity (Wildman–Crippen MR) is 130 cm³/mol. The molecule has 10 heteroatoms. The average molecular weight is 463 g/mol. The molecule has 178 valence electrons. The van der Waals surface area contributed by atoms with Crippen LogP contribution in [0.15, 0.2) is 35.6 Å². The van der Waals surface area contributed by atoms with Crippen molar-refractivity contribution in [2.45, 2.75) is 45.2 Å². The van der Waals surface area contributed by atoms with E-state index in [0.29, 0.717) is 25.5 Å². The highest BCUT2D eigenvalue weighted by Crippen LogP contribution is 2.24. The number of carbonyl (C=O) groups is 2. The number of fused-ring (bicyclic) bond motifs is 2. The monoisotopic (exact) mass is 462 g/mol. The number of anilines is 1. The highest BCUT2D eigenvalue weighted by molar-refractivity contribution is 6.29. The number of amides is 2. The smallest absolute Gasteiger partial charge is 0.242 e. The molecule has 1 aromatic heterocycles. The minimum absolute atomic E-state index is 0.0273. The maximum Gasteiger partial charge on any atom is 0.242 e. The van der Waals surface area contributed by atoms with Crippen LogP contribution in [0.5, 0.6) is 0 Å². The van der Waals surface area contributed by atoms with Crippen molar-refractivity contribution in [1.82, 2.24) is 19.8 Å². The Morgan fingerprint density at radius 3 is 2.71 bits per heavy atom. The van der Waals surface area contributed by atoms with Crippen LogP contribution in [0.1, 0.15) is 35.7 Å². The van der Waals surface area contributed by atoms with E-state index in [1.165, 1.54) is 29.2 Å². The van der Waals surface area contributed by atoms with E-state index in [9.17, 15) is 9.59 Å². The van der Waals surface area contributed by atoms with Crippen LogP contribution in [-0.4, -0.2) is 69.2 Å². The molecule has 0 radical (unpaired) electrons. The molecule has 0 saturated carbocycles. The van der Waals surface area contributed by atoms with Crippen molar-refractivity contribution in [2.75, 3.05) is 25.0 Å². The first-order valence-electron chi connectivity index (χ1n) is 11.4. The first kappa shape index (κ1) is 23.3. The number of nitrogens with zero attached hydrogens (tertiary/aromatic N) is 5. The second kappa shape index (κ2) is 10.4. The molecule has 4 N–H and O–H groups in total. The first-order chi connectivity index (χ1) is 16.4. The van der Waals surface area contributed by atoms with Gasteiger partial charge in [-0.25, -0.2) is 9.97 Å². The fourth-order valence-corrected chi connectivity index (χ4v) is 4.46. The third-order valence-corrected chi connectivity index (χ3v) is 6.32. The molecule has 0 bridgehead atoms. The molecule has 2 heterocycles. The van der Waals surface area contributed by atoms with Crippen molar-refractivity contribution in [3.63, 3.8) is 0 Å². The molecule has 0 unspecified atom stereocenters. The Labute approximate surface area is 198 Å². The summed E-state index contributed by atoms with van der Waals surface area (Å²) in [7, 11) is 0. The number of hydrogen-bond acceptors (Lipinski definition) is 8. The molecule has 1 aromatic carbocycles. The van der Waals surface area contributed by atoms with Gasteiger partial charge in [-0.2, -0.15) is 5.10 Å². The van der Waals surface area contributed by atoms with E-state index in [4.69, 9.17) is 16.2 Å². The standard InChI is InChI=1S/C24H30N8O2/c1-16(33)31(8-6-20(25)13-28-26)15-23(34)32-9-7-22-19(14-32)12-27-24(30-22)29-21-10-17-4-2-3-5-18(17)11-21/h2-5,12-13,21,25H,6-11,14-15,26H2,1H3,(H,27,29,30)/b25-20?,28-13-. The minimum Gasteiger partial charge on any atom is -0.351 e. The summed E-state index contributed by atoms with van der Waals surface area (Å²) < 4.78 is 0. The van der Waals surface area contributed by atoms with Crippen molar-refractivity contribution in [3.05, 3.63) is 52.8 Å². The van der Waals surface area contributed by atoms with Crippen molar-refractivity contribution >= 4 is 29.7 Å². The molecule has 2 amide bonds. The van der Waals surface area contributed by atoms with Gasteiger partial charge in [0.1, 0.15) is 0 Å². The van der Waals surface area contributed by atoms with E-state index in [1.54, 1.807) is 11.1 Å². The molecule has 1 aliphatic heterocycles. The van der Waals surface area contributed by atoms with E-state index in [0.717, 1.165) is 24.1 Å². The van der Waals surface area contributed by atoms with Gasteiger partial charge in [-0.15, -0.1) is 0 Å². The predicted octanol–water partition coefficient (Wildman–Crippen LogP) is 1.14. The summed E-state index contributed by atoms with van der Waals surface area (Å²) in [5.74, 6) is 5.34. The molecule has 2 aliphatic rings. The molecule has 0 atom stereocenters. The lowest BCUT2D eigenvalue weighted by atomic mass is 10.1. The summed E-state index contributed by atoms with van der Waals surface area (Å²) in [6.45, 7) is 2.62. The van der Waals surface area contributed by atoms with Gasteiger partial charge in [0.25, 0.3) is 0 Å². The Hall–Kier alpha value is -3.82. The van der Waals surface area contributed by atoms with Crippen molar-refractivity contribution < 1.29 is 9.59 Å². The van der Waals surface area contributed by atoms with E-state index in [-0.39, 0.29) is 43.1 Å². The van der Waals surface area contributed by atoms with Crippen LogP contribution in [0, 0.1) is 5.41 Å². The number of benzene rings is 1. The Bertz CT molecular complexity index is 1090. The summed E-state index contributed by atoms with van der Waals surface area (Å²) in [5.41, 5.74) is 4.83. The lowest BCUT2D eigenvalue weighted by molar-refractivity contribution is -0.140. The lowest BCUT2D eigenvalue weighted by Crippen LogP contribution is -2.44. The maximum atomic E-state index is 12.9. The van der Waals surface area contributed by atoms with Crippen LogP contribution in [0.2, 0.25) is 0 Å². The van der Waals surface area contributed by atoms with Gasteiger partial charge in [0.2, 0.25) is 17.8 Å². The molecule has 0 spiro atoms. The quantitative estimate of drug-likeness (QED) is 0.305. The zero-order chi connectivity index (χ0) is 24.1. The molecular formula is C24H30N8O2. The van der Waals surface area contributed by atoms with E-state index in [2.05, 4.69) is 39.7 Å². The average Bonchev–Trinajstić information content (AvgIpc) is 3.23. The van der Waals surface area contributed by atoms with Crippen LogP contribution < -0.4 is 11.2 Å². The van der Waals surface area contributed by atoms with Gasteiger partial charge < -0.3 is 26.4 Å². The molecule has 10 nitrogen and oxygen atoms in total. The number of nitrogens with one attached hydrogen (secondary N) is 2. The van der Waals surface area contributed by atoms with Gasteiger partial charge in [-0.3, -0.25) is 9.59 Å². The third-order valence-electron chi connectivity index (χ3n) is 6.32. The van der Waals surface area contributed by atoms with Gasteiger partial charge in [-0.1, -0.05) is 24.3 Å². The zero-order valence-electron chi connectivity index (χ0n) is 19.3. The molecule has 4 rings (SSSR count). The van der Waals surface area contributed by atoms with Crippen molar-refractivity contribution in [1.29, 1.82) is 5.41 Å². The Balaban J connectivity index is 1.33.